The largest absolute Gasteiger partial charge is 0.378 e. The van der Waals surface area contributed by atoms with Crippen molar-refractivity contribution >= 4 is 53.0 Å². The van der Waals surface area contributed by atoms with E-state index in [4.69, 9.17) is 16.6 Å². The van der Waals surface area contributed by atoms with Crippen LogP contribution in [0.2, 0.25) is 5.02 Å². The van der Waals surface area contributed by atoms with Crippen molar-refractivity contribution in [3.8, 4) is 0 Å². The lowest BCUT2D eigenvalue weighted by Gasteiger charge is -2.20. The molecule has 1 aromatic carbocycles. The summed E-state index contributed by atoms with van der Waals surface area (Å²) in [4.78, 5) is 13.5. The SMILES string of the molecule is CCNC(=NCc1ccc(N(C)C)cc1)NC1CCN(c2ncccc2Cl)C1.I. The first kappa shape index (κ1) is 23.5. The van der Waals surface area contributed by atoms with Crippen molar-refractivity contribution in [2.24, 2.45) is 4.99 Å². The molecule has 0 radical (unpaired) electrons. The molecule has 0 saturated carbocycles. The molecule has 1 fully saturated rings. The Balaban J connectivity index is 0.00000300. The number of guanidine groups is 1. The van der Waals surface area contributed by atoms with Gasteiger partial charge in [-0.1, -0.05) is 23.7 Å². The van der Waals surface area contributed by atoms with Crippen LogP contribution in [0.5, 0.6) is 0 Å². The normalized spacial score (nSPS) is 16.3. The van der Waals surface area contributed by atoms with Crippen molar-refractivity contribution in [2.45, 2.75) is 25.9 Å². The second-order valence-electron chi connectivity index (χ2n) is 7.14. The highest BCUT2D eigenvalue weighted by Crippen LogP contribution is 2.25. The van der Waals surface area contributed by atoms with Gasteiger partial charge in [0.15, 0.2) is 5.96 Å². The summed E-state index contributed by atoms with van der Waals surface area (Å²) >= 11 is 6.29. The van der Waals surface area contributed by atoms with Gasteiger partial charge in [-0.05, 0) is 43.2 Å². The molecule has 3 rings (SSSR count). The third kappa shape index (κ3) is 6.64. The monoisotopic (exact) mass is 528 g/mol. The van der Waals surface area contributed by atoms with Crippen LogP contribution in [0.15, 0.2) is 47.6 Å². The Bertz CT molecular complexity index is 796. The molecule has 2 N–H and O–H groups in total. The minimum atomic E-state index is 0. The fraction of sp³-hybridized carbons (Fsp3) is 0.429. The summed E-state index contributed by atoms with van der Waals surface area (Å²) in [6.45, 7) is 5.34. The van der Waals surface area contributed by atoms with Crippen LogP contribution in [0.1, 0.15) is 18.9 Å². The molecule has 6 nitrogen and oxygen atoms in total. The van der Waals surface area contributed by atoms with E-state index < -0.39 is 0 Å². The van der Waals surface area contributed by atoms with Gasteiger partial charge in [0.1, 0.15) is 5.82 Å². The van der Waals surface area contributed by atoms with Gasteiger partial charge in [0.25, 0.3) is 0 Å². The lowest BCUT2D eigenvalue weighted by molar-refractivity contribution is 0.649. The number of aliphatic imine (C=N–C) groups is 1. The summed E-state index contributed by atoms with van der Waals surface area (Å²) < 4.78 is 0. The van der Waals surface area contributed by atoms with Crippen LogP contribution < -0.4 is 20.4 Å². The zero-order chi connectivity index (χ0) is 19.9. The number of pyridine rings is 1. The summed E-state index contributed by atoms with van der Waals surface area (Å²) in [5.41, 5.74) is 2.38. The van der Waals surface area contributed by atoms with E-state index in [2.05, 4.69) is 56.6 Å². The average molecular weight is 529 g/mol. The summed E-state index contributed by atoms with van der Waals surface area (Å²) in [7, 11) is 4.09. The van der Waals surface area contributed by atoms with Crippen LogP contribution in [-0.4, -0.2) is 50.7 Å². The number of hydrogen-bond acceptors (Lipinski definition) is 4. The molecule has 1 unspecified atom stereocenters. The molecule has 1 aliphatic heterocycles. The highest BCUT2D eigenvalue weighted by Gasteiger charge is 2.25. The first-order valence-corrected chi connectivity index (χ1v) is 10.1. The first-order valence-electron chi connectivity index (χ1n) is 9.73. The van der Waals surface area contributed by atoms with E-state index in [1.165, 1.54) is 11.3 Å². The second-order valence-corrected chi connectivity index (χ2v) is 7.55. The van der Waals surface area contributed by atoms with Gasteiger partial charge in [-0.2, -0.15) is 0 Å². The lowest BCUT2D eigenvalue weighted by atomic mass is 10.2. The Morgan fingerprint density at radius 1 is 1.28 bits per heavy atom. The van der Waals surface area contributed by atoms with E-state index in [1.807, 2.05) is 26.2 Å². The zero-order valence-electron chi connectivity index (χ0n) is 17.2. The summed E-state index contributed by atoms with van der Waals surface area (Å²) in [6.07, 6.45) is 2.81. The maximum atomic E-state index is 6.29. The Morgan fingerprint density at radius 2 is 2.03 bits per heavy atom. The summed E-state index contributed by atoms with van der Waals surface area (Å²) in [5, 5.41) is 7.60. The number of hydrogen-bond donors (Lipinski definition) is 2. The number of benzene rings is 1. The van der Waals surface area contributed by atoms with Crippen molar-refractivity contribution < 1.29 is 0 Å². The van der Waals surface area contributed by atoms with Crippen molar-refractivity contribution in [2.75, 3.05) is 43.5 Å². The fourth-order valence-corrected chi connectivity index (χ4v) is 3.50. The number of nitrogens with one attached hydrogen (secondary N) is 2. The maximum Gasteiger partial charge on any atom is 0.191 e. The number of rotatable bonds is 6. The molecule has 0 aliphatic carbocycles. The molecule has 1 saturated heterocycles. The van der Waals surface area contributed by atoms with Gasteiger partial charge < -0.3 is 20.4 Å². The molecule has 1 aliphatic rings. The third-order valence-electron chi connectivity index (χ3n) is 4.78. The van der Waals surface area contributed by atoms with Crippen molar-refractivity contribution in [1.29, 1.82) is 0 Å². The molecule has 2 heterocycles. The predicted molar refractivity (Wildman–Crippen MR) is 134 cm³/mol. The molecular weight excluding hydrogens is 499 g/mol. The Morgan fingerprint density at radius 3 is 2.69 bits per heavy atom. The van der Waals surface area contributed by atoms with Gasteiger partial charge in [0, 0.05) is 51.7 Å². The van der Waals surface area contributed by atoms with Crippen LogP contribution >= 0.6 is 35.6 Å². The standard InChI is InChI=1S/C21H29ClN6.HI/c1-4-23-21(25-14-16-7-9-18(10-8-16)27(2)3)26-17-11-13-28(15-17)20-19(22)6-5-12-24-20;/h5-10,12,17H,4,11,13-15H2,1-3H3,(H2,23,25,26);1H. The minimum absolute atomic E-state index is 0. The summed E-state index contributed by atoms with van der Waals surface area (Å²) in [6, 6.07) is 12.6. The molecule has 0 bridgehead atoms. The number of halogens is 2. The number of anilines is 2. The first-order chi connectivity index (χ1) is 13.6. The fourth-order valence-electron chi connectivity index (χ4n) is 3.26. The van der Waals surface area contributed by atoms with E-state index in [9.17, 15) is 0 Å². The molecular formula is C21H30ClIN6. The number of aromatic nitrogens is 1. The minimum Gasteiger partial charge on any atom is -0.378 e. The predicted octanol–water partition coefficient (Wildman–Crippen LogP) is 3.75. The van der Waals surface area contributed by atoms with Crippen molar-refractivity contribution in [3.63, 3.8) is 0 Å². The van der Waals surface area contributed by atoms with E-state index in [0.717, 1.165) is 37.8 Å². The van der Waals surface area contributed by atoms with E-state index in [1.54, 1.807) is 6.20 Å². The molecule has 1 aromatic heterocycles. The van der Waals surface area contributed by atoms with E-state index >= 15 is 0 Å². The molecule has 0 spiro atoms. The van der Waals surface area contributed by atoms with Gasteiger partial charge in [0.05, 0.1) is 11.6 Å². The Hall–Kier alpha value is -1.74. The van der Waals surface area contributed by atoms with E-state index in [0.29, 0.717) is 17.6 Å². The molecule has 2 aromatic rings. The van der Waals surface area contributed by atoms with Crippen molar-refractivity contribution in [3.05, 3.63) is 53.2 Å². The smallest absolute Gasteiger partial charge is 0.191 e. The van der Waals surface area contributed by atoms with Gasteiger partial charge in [-0.25, -0.2) is 9.98 Å². The highest BCUT2D eigenvalue weighted by molar-refractivity contribution is 14.0. The molecule has 8 heteroatoms. The zero-order valence-corrected chi connectivity index (χ0v) is 20.3. The van der Waals surface area contributed by atoms with Gasteiger partial charge in [-0.15, -0.1) is 24.0 Å². The second kappa shape index (κ2) is 11.4. The molecule has 0 amide bonds. The van der Waals surface area contributed by atoms with Gasteiger partial charge in [0.2, 0.25) is 0 Å². The van der Waals surface area contributed by atoms with E-state index in [-0.39, 0.29) is 24.0 Å². The molecule has 158 valence electrons. The highest BCUT2D eigenvalue weighted by atomic mass is 127. The lowest BCUT2D eigenvalue weighted by Crippen LogP contribution is -2.44. The average Bonchev–Trinajstić information content (AvgIpc) is 3.15. The van der Waals surface area contributed by atoms with Crippen LogP contribution in [0.25, 0.3) is 0 Å². The Kier molecular flexibility index (Phi) is 9.29. The maximum absolute atomic E-state index is 6.29. The van der Waals surface area contributed by atoms with Crippen LogP contribution in [-0.2, 0) is 6.54 Å². The van der Waals surface area contributed by atoms with Crippen LogP contribution in [0.3, 0.4) is 0 Å². The van der Waals surface area contributed by atoms with Gasteiger partial charge >= 0.3 is 0 Å². The van der Waals surface area contributed by atoms with Gasteiger partial charge in [-0.3, -0.25) is 0 Å². The third-order valence-corrected chi connectivity index (χ3v) is 5.08. The van der Waals surface area contributed by atoms with Crippen LogP contribution in [0.4, 0.5) is 11.5 Å². The Labute approximate surface area is 195 Å². The molecule has 1 atom stereocenters. The topological polar surface area (TPSA) is 55.8 Å². The van der Waals surface area contributed by atoms with Crippen LogP contribution in [0, 0.1) is 0 Å². The summed E-state index contributed by atoms with van der Waals surface area (Å²) in [5.74, 6) is 1.70. The quantitative estimate of drug-likeness (QED) is 0.340. The van der Waals surface area contributed by atoms with Crippen molar-refractivity contribution in [1.82, 2.24) is 15.6 Å². The molecule has 29 heavy (non-hydrogen) atoms. The number of nitrogens with zero attached hydrogens (tertiary/aromatic N) is 4.